The topological polar surface area (TPSA) is 157 Å². The summed E-state index contributed by atoms with van der Waals surface area (Å²) in [5.41, 5.74) is 0. The zero-order valence-corrected chi connectivity index (χ0v) is 17.1. The molecule has 0 aromatic carbocycles. The predicted molar refractivity (Wildman–Crippen MR) is 94.5 cm³/mol. The van der Waals surface area contributed by atoms with E-state index in [4.69, 9.17) is 0 Å². The van der Waals surface area contributed by atoms with Gasteiger partial charge in [-0.05, 0) is 6.42 Å². The van der Waals surface area contributed by atoms with Crippen LogP contribution in [0.5, 0.6) is 0 Å². The van der Waals surface area contributed by atoms with Gasteiger partial charge in [-0.1, -0.05) is 71.1 Å². The fourth-order valence-corrected chi connectivity index (χ4v) is 4.71. The van der Waals surface area contributed by atoms with E-state index in [9.17, 15) is 32.2 Å². The van der Waals surface area contributed by atoms with E-state index in [1.54, 1.807) is 0 Å². The third-order valence-electron chi connectivity index (χ3n) is 4.27. The first-order chi connectivity index (χ1) is 12.5. The van der Waals surface area contributed by atoms with E-state index < -0.39 is 39.0 Å². The molecular formula is C15H30O10S2. The Morgan fingerprint density at radius 2 is 1.37 bits per heavy atom. The Hall–Kier alpha value is -0.340. The van der Waals surface area contributed by atoms with Crippen molar-refractivity contribution < 1.29 is 44.2 Å². The lowest BCUT2D eigenvalue weighted by molar-refractivity contribution is -0.299. The van der Waals surface area contributed by atoms with Crippen LogP contribution in [-0.2, 0) is 32.8 Å². The molecule has 1 rings (SSSR count). The first-order valence-electron chi connectivity index (χ1n) is 9.21. The molecule has 1 heterocycles. The molecular weight excluding hydrogens is 404 g/mol. The van der Waals surface area contributed by atoms with Crippen molar-refractivity contribution in [1.82, 2.24) is 0 Å². The van der Waals surface area contributed by atoms with Crippen LogP contribution in [0.4, 0.5) is 0 Å². The van der Waals surface area contributed by atoms with Crippen LogP contribution in [0.3, 0.4) is 0 Å². The van der Waals surface area contributed by atoms with E-state index in [1.807, 2.05) is 0 Å². The summed E-state index contributed by atoms with van der Waals surface area (Å²) < 4.78 is 56.9. The van der Waals surface area contributed by atoms with Crippen molar-refractivity contribution in [3.63, 3.8) is 0 Å². The molecule has 1 aliphatic rings. The first kappa shape index (κ1) is 24.7. The second-order valence-electron chi connectivity index (χ2n) is 6.65. The minimum Gasteiger partial charge on any atom is -0.387 e. The average Bonchev–Trinajstić information content (AvgIpc) is 2.60. The highest BCUT2D eigenvalue weighted by molar-refractivity contribution is 7.95. The third-order valence-corrected chi connectivity index (χ3v) is 6.50. The van der Waals surface area contributed by atoms with Gasteiger partial charge in [0.05, 0.1) is 0 Å². The van der Waals surface area contributed by atoms with E-state index in [-0.39, 0.29) is 6.42 Å². The standard InChI is InChI=1S/C15H30O10S2/c1-2-3-4-5-6-7-8-9-10-11-12-13(16)15(18)14(17)23-26(19,20)25-27(21,22)24-15/h13-14,16-18H,2-12H2,1H3. The second-order valence-corrected chi connectivity index (χ2v) is 9.19. The lowest BCUT2D eigenvalue weighted by atomic mass is 10.0. The van der Waals surface area contributed by atoms with Gasteiger partial charge in [0.1, 0.15) is 6.10 Å². The molecule has 0 bridgehead atoms. The number of aliphatic hydroxyl groups is 3. The number of unbranched alkanes of at least 4 members (excludes halogenated alkanes) is 9. The highest BCUT2D eigenvalue weighted by Crippen LogP contribution is 2.30. The minimum atomic E-state index is -5.25. The monoisotopic (exact) mass is 434 g/mol. The summed E-state index contributed by atoms with van der Waals surface area (Å²) in [4.78, 5) is 0. The largest absolute Gasteiger partial charge is 0.419 e. The number of rotatable bonds is 12. The normalized spacial score (nSPS) is 28.5. The molecule has 27 heavy (non-hydrogen) atoms. The molecule has 1 saturated heterocycles. The van der Waals surface area contributed by atoms with Gasteiger partial charge in [-0.15, -0.1) is 3.63 Å². The summed E-state index contributed by atoms with van der Waals surface area (Å²) in [6, 6.07) is 0. The zero-order valence-electron chi connectivity index (χ0n) is 15.4. The quantitative estimate of drug-likeness (QED) is 0.381. The maximum absolute atomic E-state index is 11.4. The molecule has 1 aliphatic heterocycles. The van der Waals surface area contributed by atoms with Gasteiger partial charge in [0.2, 0.25) is 6.29 Å². The molecule has 0 saturated carbocycles. The summed E-state index contributed by atoms with van der Waals surface area (Å²) in [5, 5.41) is 29.8. The number of hydrogen-bond acceptors (Lipinski definition) is 10. The van der Waals surface area contributed by atoms with Crippen LogP contribution in [-0.4, -0.2) is 50.3 Å². The van der Waals surface area contributed by atoms with Gasteiger partial charge in [-0.2, -0.15) is 16.8 Å². The molecule has 3 unspecified atom stereocenters. The van der Waals surface area contributed by atoms with Crippen LogP contribution in [0, 0.1) is 0 Å². The number of hydrogen-bond donors (Lipinski definition) is 3. The van der Waals surface area contributed by atoms with Crippen molar-refractivity contribution in [2.45, 2.75) is 95.7 Å². The Morgan fingerprint density at radius 3 is 1.89 bits per heavy atom. The highest BCUT2D eigenvalue weighted by Gasteiger charge is 2.54. The molecule has 1 fully saturated rings. The lowest BCUT2D eigenvalue weighted by Crippen LogP contribution is -2.55. The summed E-state index contributed by atoms with van der Waals surface area (Å²) in [6.45, 7) is 2.16. The molecule has 0 aromatic rings. The van der Waals surface area contributed by atoms with Crippen LogP contribution in [0.15, 0.2) is 0 Å². The molecule has 0 spiro atoms. The molecule has 0 aromatic heterocycles. The van der Waals surface area contributed by atoms with Gasteiger partial charge in [-0.3, -0.25) is 0 Å². The van der Waals surface area contributed by atoms with Crippen LogP contribution < -0.4 is 0 Å². The zero-order chi connectivity index (χ0) is 20.6. The van der Waals surface area contributed by atoms with E-state index in [0.29, 0.717) is 12.8 Å². The van der Waals surface area contributed by atoms with Crippen LogP contribution in [0.1, 0.15) is 77.6 Å². The fraction of sp³-hybridized carbons (Fsp3) is 1.00. The summed E-state index contributed by atoms with van der Waals surface area (Å²) in [5.74, 6) is -3.19. The maximum atomic E-state index is 11.4. The lowest BCUT2D eigenvalue weighted by Gasteiger charge is -2.31. The van der Waals surface area contributed by atoms with Gasteiger partial charge < -0.3 is 15.3 Å². The average molecular weight is 435 g/mol. The third kappa shape index (κ3) is 8.69. The summed E-state index contributed by atoms with van der Waals surface area (Å²) in [6.07, 6.45) is 5.52. The summed E-state index contributed by atoms with van der Waals surface area (Å²) in [7, 11) is -10.4. The van der Waals surface area contributed by atoms with Gasteiger partial charge in [0.15, 0.2) is 0 Å². The van der Waals surface area contributed by atoms with E-state index in [1.165, 1.54) is 32.1 Å². The Morgan fingerprint density at radius 1 is 0.889 bits per heavy atom. The van der Waals surface area contributed by atoms with E-state index in [2.05, 4.69) is 18.9 Å². The van der Waals surface area contributed by atoms with E-state index >= 15 is 0 Å². The molecule has 162 valence electrons. The second kappa shape index (κ2) is 11.0. The van der Waals surface area contributed by atoms with E-state index in [0.717, 1.165) is 19.3 Å². The smallest absolute Gasteiger partial charge is 0.387 e. The number of aliphatic hydroxyl groups excluding tert-OH is 2. The van der Waals surface area contributed by atoms with Crippen molar-refractivity contribution in [3.8, 4) is 0 Å². The molecule has 3 atom stereocenters. The van der Waals surface area contributed by atoms with Crippen molar-refractivity contribution in [2.24, 2.45) is 0 Å². The Kier molecular flexibility index (Phi) is 10.1. The Balaban J connectivity index is 2.39. The predicted octanol–water partition coefficient (Wildman–Crippen LogP) is 1.22. The Bertz CT molecular complexity index is 633. The van der Waals surface area contributed by atoms with Crippen LogP contribution >= 0.6 is 0 Å². The molecule has 0 amide bonds. The van der Waals surface area contributed by atoms with Crippen LogP contribution in [0.25, 0.3) is 0 Å². The molecule has 0 radical (unpaired) electrons. The highest BCUT2D eigenvalue weighted by atomic mass is 32.3. The van der Waals surface area contributed by atoms with Crippen molar-refractivity contribution in [1.29, 1.82) is 0 Å². The molecule has 0 aliphatic carbocycles. The SMILES string of the molecule is CCCCCCCCCCCCC(O)C1(O)OS(=O)(=O)OS(=O)(=O)OC1O. The van der Waals surface area contributed by atoms with Gasteiger partial charge in [0.25, 0.3) is 5.79 Å². The van der Waals surface area contributed by atoms with Crippen molar-refractivity contribution in [2.75, 3.05) is 0 Å². The summed E-state index contributed by atoms with van der Waals surface area (Å²) >= 11 is 0. The molecule has 10 nitrogen and oxygen atoms in total. The molecule has 3 N–H and O–H groups in total. The fourth-order valence-electron chi connectivity index (χ4n) is 2.77. The van der Waals surface area contributed by atoms with Crippen molar-refractivity contribution >= 4 is 20.8 Å². The van der Waals surface area contributed by atoms with Gasteiger partial charge >= 0.3 is 20.8 Å². The van der Waals surface area contributed by atoms with Gasteiger partial charge in [-0.25, -0.2) is 8.37 Å². The van der Waals surface area contributed by atoms with Crippen molar-refractivity contribution in [3.05, 3.63) is 0 Å². The Labute approximate surface area is 161 Å². The maximum Gasteiger partial charge on any atom is 0.419 e. The van der Waals surface area contributed by atoms with Gasteiger partial charge in [0, 0.05) is 0 Å². The molecule has 12 heteroatoms. The minimum absolute atomic E-state index is 0.136. The first-order valence-corrected chi connectivity index (χ1v) is 11.9. The van der Waals surface area contributed by atoms with Crippen LogP contribution in [0.2, 0.25) is 0 Å².